The van der Waals surface area contributed by atoms with Crippen LogP contribution in [0.1, 0.15) is 15.6 Å². The highest BCUT2D eigenvalue weighted by Crippen LogP contribution is 2.17. The topological polar surface area (TPSA) is 48.1 Å². The zero-order chi connectivity index (χ0) is 8.27. The zero-order valence-electron chi connectivity index (χ0n) is 7.16. The minimum Gasteiger partial charge on any atom is -0.378 e. The van der Waals surface area contributed by atoms with Gasteiger partial charge in [0, 0.05) is 18.5 Å². The van der Waals surface area contributed by atoms with E-state index in [2.05, 4.69) is 4.98 Å². The first-order valence-electron chi connectivity index (χ1n) is 3.42. The molecule has 0 amide bonds. The molecule has 1 aromatic rings. The van der Waals surface area contributed by atoms with Crippen molar-refractivity contribution in [2.45, 2.75) is 20.1 Å². The van der Waals surface area contributed by atoms with E-state index < -0.39 is 0 Å². The number of thiazole rings is 1. The predicted octanol–water partition coefficient (Wildman–Crippen LogP) is 1.48. The molecule has 0 atom stereocenters. The Morgan fingerprint density at radius 3 is 2.67 bits per heavy atom. The standard InChI is InChI=1S/C7H12N2OS.ClH/c1-5-6(3-8)11-7(9-5)4-10-2;/h3-4,8H2,1-2H3;1H. The summed E-state index contributed by atoms with van der Waals surface area (Å²) in [5.41, 5.74) is 6.52. The molecule has 0 aromatic carbocycles. The molecule has 0 bridgehead atoms. The molecule has 5 heteroatoms. The molecule has 3 nitrogen and oxygen atoms in total. The quantitative estimate of drug-likeness (QED) is 0.819. The Morgan fingerprint density at radius 2 is 2.25 bits per heavy atom. The molecule has 0 fully saturated rings. The van der Waals surface area contributed by atoms with Gasteiger partial charge < -0.3 is 10.5 Å². The van der Waals surface area contributed by atoms with Gasteiger partial charge in [-0.15, -0.1) is 23.7 Å². The van der Waals surface area contributed by atoms with Gasteiger partial charge >= 0.3 is 0 Å². The molecule has 0 aliphatic rings. The number of aryl methyl sites for hydroxylation is 1. The van der Waals surface area contributed by atoms with Crippen molar-refractivity contribution < 1.29 is 4.74 Å². The molecule has 0 unspecified atom stereocenters. The lowest BCUT2D eigenvalue weighted by Crippen LogP contribution is -1.94. The summed E-state index contributed by atoms with van der Waals surface area (Å²) in [6, 6.07) is 0. The van der Waals surface area contributed by atoms with Gasteiger partial charge in [-0.2, -0.15) is 0 Å². The third kappa shape index (κ3) is 2.71. The summed E-state index contributed by atoms with van der Waals surface area (Å²) in [4.78, 5) is 5.43. The number of rotatable bonds is 3. The summed E-state index contributed by atoms with van der Waals surface area (Å²) < 4.78 is 4.95. The number of hydrogen-bond acceptors (Lipinski definition) is 4. The predicted molar refractivity (Wildman–Crippen MR) is 52.7 cm³/mol. The Morgan fingerprint density at radius 1 is 1.58 bits per heavy atom. The number of halogens is 1. The molecule has 1 rings (SSSR count). The van der Waals surface area contributed by atoms with Crippen molar-refractivity contribution in [1.29, 1.82) is 0 Å². The number of nitrogens with two attached hydrogens (primary N) is 1. The van der Waals surface area contributed by atoms with Crippen molar-refractivity contribution in [2.24, 2.45) is 5.73 Å². The zero-order valence-corrected chi connectivity index (χ0v) is 8.80. The fraction of sp³-hybridized carbons (Fsp3) is 0.571. The van der Waals surface area contributed by atoms with Crippen LogP contribution in [0.3, 0.4) is 0 Å². The first-order valence-corrected chi connectivity index (χ1v) is 4.23. The molecule has 0 saturated heterocycles. The van der Waals surface area contributed by atoms with Crippen LogP contribution >= 0.6 is 23.7 Å². The Hall–Kier alpha value is -0.160. The molecule has 1 aromatic heterocycles. The molecule has 70 valence electrons. The van der Waals surface area contributed by atoms with Gasteiger partial charge in [-0.1, -0.05) is 0 Å². The maximum atomic E-state index is 5.49. The Kier molecular flexibility index (Phi) is 5.41. The Labute approximate surface area is 82.4 Å². The third-order valence-corrected chi connectivity index (χ3v) is 2.54. The SMILES string of the molecule is COCc1nc(C)c(CN)s1.Cl. The summed E-state index contributed by atoms with van der Waals surface area (Å²) in [7, 11) is 1.67. The molecule has 0 spiro atoms. The van der Waals surface area contributed by atoms with E-state index >= 15 is 0 Å². The van der Waals surface area contributed by atoms with E-state index in [0.717, 1.165) is 15.6 Å². The molecule has 0 aliphatic heterocycles. The second-order valence-corrected chi connectivity index (χ2v) is 3.42. The number of nitrogens with zero attached hydrogens (tertiary/aromatic N) is 1. The molecule has 0 radical (unpaired) electrons. The molecule has 12 heavy (non-hydrogen) atoms. The van der Waals surface area contributed by atoms with Crippen LogP contribution in [-0.4, -0.2) is 12.1 Å². The second kappa shape index (κ2) is 5.48. The highest BCUT2D eigenvalue weighted by Gasteiger charge is 2.04. The van der Waals surface area contributed by atoms with Crippen LogP contribution in [0.15, 0.2) is 0 Å². The largest absolute Gasteiger partial charge is 0.378 e. The lowest BCUT2D eigenvalue weighted by molar-refractivity contribution is 0.184. The van der Waals surface area contributed by atoms with Gasteiger partial charge in [0.05, 0.1) is 12.3 Å². The van der Waals surface area contributed by atoms with Crippen molar-refractivity contribution >= 4 is 23.7 Å². The lowest BCUT2D eigenvalue weighted by atomic mass is 10.4. The summed E-state index contributed by atoms with van der Waals surface area (Å²) in [5, 5.41) is 1.01. The third-order valence-electron chi connectivity index (χ3n) is 1.39. The molecule has 0 saturated carbocycles. The van der Waals surface area contributed by atoms with Crippen LogP contribution in [-0.2, 0) is 17.9 Å². The van der Waals surface area contributed by atoms with E-state index in [1.807, 2.05) is 6.92 Å². The van der Waals surface area contributed by atoms with Crippen LogP contribution in [0.25, 0.3) is 0 Å². The van der Waals surface area contributed by atoms with Crippen LogP contribution in [0, 0.1) is 6.92 Å². The van der Waals surface area contributed by atoms with Crippen molar-refractivity contribution in [3.63, 3.8) is 0 Å². The molecular formula is C7H13ClN2OS. The second-order valence-electron chi connectivity index (χ2n) is 2.25. The smallest absolute Gasteiger partial charge is 0.119 e. The van der Waals surface area contributed by atoms with E-state index in [1.54, 1.807) is 18.4 Å². The van der Waals surface area contributed by atoms with Gasteiger partial charge in [0.15, 0.2) is 0 Å². The number of aromatic nitrogens is 1. The Bertz CT molecular complexity index is 239. The fourth-order valence-corrected chi connectivity index (χ4v) is 1.78. The van der Waals surface area contributed by atoms with Gasteiger partial charge in [-0.25, -0.2) is 4.98 Å². The minimum absolute atomic E-state index is 0. The maximum Gasteiger partial charge on any atom is 0.119 e. The average molecular weight is 209 g/mol. The first kappa shape index (κ1) is 11.8. The summed E-state index contributed by atoms with van der Waals surface area (Å²) in [5.74, 6) is 0. The van der Waals surface area contributed by atoms with Crippen molar-refractivity contribution in [3.8, 4) is 0 Å². The summed E-state index contributed by atoms with van der Waals surface area (Å²) >= 11 is 1.62. The summed E-state index contributed by atoms with van der Waals surface area (Å²) in [6.07, 6.45) is 0. The Balaban J connectivity index is 0.00000121. The van der Waals surface area contributed by atoms with Crippen LogP contribution < -0.4 is 5.73 Å². The van der Waals surface area contributed by atoms with Crippen molar-refractivity contribution in [2.75, 3.05) is 7.11 Å². The minimum atomic E-state index is 0. The van der Waals surface area contributed by atoms with Crippen LogP contribution in [0.5, 0.6) is 0 Å². The molecule has 1 heterocycles. The molecule has 0 aliphatic carbocycles. The van der Waals surface area contributed by atoms with E-state index in [9.17, 15) is 0 Å². The van der Waals surface area contributed by atoms with E-state index in [-0.39, 0.29) is 12.4 Å². The summed E-state index contributed by atoms with van der Waals surface area (Å²) in [6.45, 7) is 3.14. The lowest BCUT2D eigenvalue weighted by Gasteiger charge is -1.88. The highest BCUT2D eigenvalue weighted by atomic mass is 35.5. The maximum absolute atomic E-state index is 5.49. The van der Waals surface area contributed by atoms with Crippen molar-refractivity contribution in [3.05, 3.63) is 15.6 Å². The van der Waals surface area contributed by atoms with Crippen LogP contribution in [0.2, 0.25) is 0 Å². The number of ether oxygens (including phenoxy) is 1. The molecule has 2 N–H and O–H groups in total. The average Bonchev–Trinajstić information content (AvgIpc) is 2.32. The van der Waals surface area contributed by atoms with Crippen molar-refractivity contribution in [1.82, 2.24) is 4.98 Å². The first-order chi connectivity index (χ1) is 5.27. The van der Waals surface area contributed by atoms with E-state index in [0.29, 0.717) is 13.2 Å². The fourth-order valence-electron chi connectivity index (χ4n) is 0.863. The van der Waals surface area contributed by atoms with Gasteiger partial charge in [0.25, 0.3) is 0 Å². The van der Waals surface area contributed by atoms with Gasteiger partial charge in [-0.05, 0) is 6.92 Å². The van der Waals surface area contributed by atoms with Gasteiger partial charge in [0.2, 0.25) is 0 Å². The number of methoxy groups -OCH3 is 1. The van der Waals surface area contributed by atoms with Crippen LogP contribution in [0.4, 0.5) is 0 Å². The molecular weight excluding hydrogens is 196 g/mol. The normalized spacial score (nSPS) is 9.58. The van der Waals surface area contributed by atoms with Gasteiger partial charge in [-0.3, -0.25) is 0 Å². The van der Waals surface area contributed by atoms with E-state index in [1.165, 1.54) is 0 Å². The highest BCUT2D eigenvalue weighted by molar-refractivity contribution is 7.11. The number of hydrogen-bond donors (Lipinski definition) is 1. The van der Waals surface area contributed by atoms with Gasteiger partial charge in [0.1, 0.15) is 5.01 Å². The monoisotopic (exact) mass is 208 g/mol. The van der Waals surface area contributed by atoms with E-state index in [4.69, 9.17) is 10.5 Å².